The predicted molar refractivity (Wildman–Crippen MR) is 120 cm³/mol. The molecule has 0 bridgehead atoms. The molecular formula is C20H18Cl2N2O4S2. The third-order valence-electron chi connectivity index (χ3n) is 4.87. The fourth-order valence-electron chi connectivity index (χ4n) is 3.45. The number of rotatable bonds is 5. The van der Waals surface area contributed by atoms with E-state index >= 15 is 0 Å². The number of ether oxygens (including phenoxy) is 1. The zero-order chi connectivity index (χ0) is 21.3. The van der Waals surface area contributed by atoms with Crippen LogP contribution in [0.5, 0.6) is 5.75 Å². The van der Waals surface area contributed by atoms with Crippen LogP contribution in [0.1, 0.15) is 5.56 Å². The molecule has 30 heavy (non-hydrogen) atoms. The molecule has 4 rings (SSSR count). The van der Waals surface area contributed by atoms with E-state index < -0.39 is 15.7 Å². The molecule has 2 aromatic rings. The summed E-state index contributed by atoms with van der Waals surface area (Å²) in [7, 11) is -3.11. The minimum atomic E-state index is -3.11. The Morgan fingerprint density at radius 2 is 1.87 bits per heavy atom. The van der Waals surface area contributed by atoms with Crippen LogP contribution < -0.4 is 4.74 Å². The summed E-state index contributed by atoms with van der Waals surface area (Å²) in [6, 6.07) is 13.8. The summed E-state index contributed by atoms with van der Waals surface area (Å²) in [5.74, 6) is 0.196. The molecule has 2 aromatic carbocycles. The Bertz CT molecular complexity index is 1090. The molecule has 0 saturated carbocycles. The van der Waals surface area contributed by atoms with Gasteiger partial charge in [0.25, 0.3) is 5.91 Å². The van der Waals surface area contributed by atoms with E-state index in [0.717, 1.165) is 5.56 Å². The Labute approximate surface area is 189 Å². The van der Waals surface area contributed by atoms with Gasteiger partial charge in [-0.25, -0.2) is 8.42 Å². The molecule has 2 aliphatic heterocycles. The van der Waals surface area contributed by atoms with E-state index in [2.05, 4.69) is 4.99 Å². The van der Waals surface area contributed by atoms with Crippen molar-refractivity contribution in [2.75, 3.05) is 18.1 Å². The van der Waals surface area contributed by atoms with Gasteiger partial charge in [-0.1, -0.05) is 53.2 Å². The maximum atomic E-state index is 12.4. The highest BCUT2D eigenvalue weighted by atomic mass is 35.5. The highest BCUT2D eigenvalue weighted by Gasteiger charge is 2.48. The first-order valence-electron chi connectivity index (χ1n) is 9.18. The summed E-state index contributed by atoms with van der Waals surface area (Å²) >= 11 is 13.5. The molecule has 0 aromatic heterocycles. The lowest BCUT2D eigenvalue weighted by atomic mass is 10.1. The molecule has 10 heteroatoms. The summed E-state index contributed by atoms with van der Waals surface area (Å²) in [6.07, 6.45) is 0. The Balaban J connectivity index is 1.51. The van der Waals surface area contributed by atoms with Gasteiger partial charge in [0, 0.05) is 21.8 Å². The SMILES string of the molecule is O=C(COc1ccc(Cl)cc1)N=C1S[C@@H]2CS(=O)(=O)C[C@@H]2N1Cc1ccccc1Cl. The van der Waals surface area contributed by atoms with Crippen LogP contribution in [0.25, 0.3) is 0 Å². The lowest BCUT2D eigenvalue weighted by Gasteiger charge is -2.25. The maximum absolute atomic E-state index is 12.4. The summed E-state index contributed by atoms with van der Waals surface area (Å²) in [4.78, 5) is 18.5. The standard InChI is InChI=1S/C20H18Cl2N2O4S2/c21-14-5-7-15(8-6-14)28-10-19(25)23-20-24(9-13-3-1-2-4-16(13)22)17-11-30(26,27)12-18(17)29-20/h1-8,17-18H,9-12H2/t17-,18+/m0/s1. The highest BCUT2D eigenvalue weighted by Crippen LogP contribution is 2.39. The maximum Gasteiger partial charge on any atom is 0.285 e. The smallest absolute Gasteiger partial charge is 0.285 e. The van der Waals surface area contributed by atoms with Crippen molar-refractivity contribution in [1.82, 2.24) is 4.90 Å². The van der Waals surface area contributed by atoms with Crippen LogP contribution in [0, 0.1) is 0 Å². The van der Waals surface area contributed by atoms with Crippen LogP contribution in [0.15, 0.2) is 53.5 Å². The van der Waals surface area contributed by atoms with Crippen LogP contribution >= 0.6 is 35.0 Å². The molecular weight excluding hydrogens is 467 g/mol. The number of amidine groups is 1. The normalized spacial score (nSPS) is 23.5. The van der Waals surface area contributed by atoms with Crippen molar-refractivity contribution in [2.45, 2.75) is 17.8 Å². The molecule has 2 aliphatic rings. The first kappa shape index (κ1) is 21.5. The van der Waals surface area contributed by atoms with Gasteiger partial charge in [0.05, 0.1) is 17.5 Å². The molecule has 2 heterocycles. The molecule has 0 radical (unpaired) electrons. The second kappa shape index (κ2) is 8.78. The molecule has 158 valence electrons. The first-order valence-corrected chi connectivity index (χ1v) is 12.6. The lowest BCUT2D eigenvalue weighted by Crippen LogP contribution is -2.37. The van der Waals surface area contributed by atoms with Crippen LogP contribution in [0.3, 0.4) is 0 Å². The average molecular weight is 485 g/mol. The minimum Gasteiger partial charge on any atom is -0.484 e. The van der Waals surface area contributed by atoms with E-state index in [9.17, 15) is 13.2 Å². The fraction of sp³-hybridized carbons (Fsp3) is 0.300. The number of halogens is 2. The number of hydrogen-bond acceptors (Lipinski definition) is 5. The van der Waals surface area contributed by atoms with Crippen LogP contribution in [-0.2, 0) is 21.2 Å². The van der Waals surface area contributed by atoms with Gasteiger partial charge in [0.1, 0.15) is 5.75 Å². The number of benzene rings is 2. The molecule has 2 atom stereocenters. The van der Waals surface area contributed by atoms with Gasteiger partial charge >= 0.3 is 0 Å². The highest BCUT2D eigenvalue weighted by molar-refractivity contribution is 8.15. The van der Waals surface area contributed by atoms with Gasteiger partial charge in [-0.05, 0) is 35.9 Å². The summed E-state index contributed by atoms with van der Waals surface area (Å²) in [5.41, 5.74) is 0.849. The van der Waals surface area contributed by atoms with Crippen LogP contribution in [0.2, 0.25) is 10.0 Å². The van der Waals surface area contributed by atoms with Gasteiger partial charge in [-0.2, -0.15) is 4.99 Å². The number of carbonyl (C=O) groups is 1. The topological polar surface area (TPSA) is 76.0 Å². The van der Waals surface area contributed by atoms with Gasteiger partial charge < -0.3 is 9.64 Å². The molecule has 2 fully saturated rings. The first-order chi connectivity index (χ1) is 14.3. The largest absolute Gasteiger partial charge is 0.484 e. The Morgan fingerprint density at radius 3 is 2.60 bits per heavy atom. The fourth-order valence-corrected chi connectivity index (χ4v) is 7.74. The van der Waals surface area contributed by atoms with E-state index in [1.54, 1.807) is 30.3 Å². The molecule has 2 saturated heterocycles. The number of hydrogen-bond donors (Lipinski definition) is 0. The Hall–Kier alpha value is -1.74. The van der Waals surface area contributed by atoms with Crippen molar-refractivity contribution in [3.05, 3.63) is 64.1 Å². The van der Waals surface area contributed by atoms with E-state index in [1.807, 2.05) is 23.1 Å². The average Bonchev–Trinajstić information content (AvgIpc) is 3.15. The molecule has 0 spiro atoms. The van der Waals surface area contributed by atoms with Gasteiger partial charge in [-0.3, -0.25) is 4.79 Å². The zero-order valence-corrected chi connectivity index (χ0v) is 18.8. The second-order valence-corrected chi connectivity index (χ2v) is 11.3. The van der Waals surface area contributed by atoms with Gasteiger partial charge in [-0.15, -0.1) is 0 Å². The van der Waals surface area contributed by atoms with E-state index in [0.29, 0.717) is 27.5 Å². The number of carbonyl (C=O) groups excluding carboxylic acids is 1. The number of aliphatic imine (C=N–C) groups is 1. The van der Waals surface area contributed by atoms with E-state index in [-0.39, 0.29) is 29.4 Å². The van der Waals surface area contributed by atoms with Crippen molar-refractivity contribution >= 4 is 55.9 Å². The molecule has 0 N–H and O–H groups in total. The second-order valence-electron chi connectivity index (χ2n) is 7.05. The molecule has 1 amide bonds. The predicted octanol–water partition coefficient (Wildman–Crippen LogP) is 3.67. The zero-order valence-electron chi connectivity index (χ0n) is 15.7. The number of nitrogens with zero attached hydrogens (tertiary/aromatic N) is 2. The molecule has 0 unspecified atom stereocenters. The number of amides is 1. The monoisotopic (exact) mass is 484 g/mol. The van der Waals surface area contributed by atoms with E-state index in [1.165, 1.54) is 11.8 Å². The van der Waals surface area contributed by atoms with E-state index in [4.69, 9.17) is 27.9 Å². The van der Waals surface area contributed by atoms with Gasteiger partial charge in [0.2, 0.25) is 0 Å². The summed E-state index contributed by atoms with van der Waals surface area (Å²) in [5, 5.41) is 1.52. The molecule has 0 aliphatic carbocycles. The van der Waals surface area contributed by atoms with Crippen LogP contribution in [0.4, 0.5) is 0 Å². The summed E-state index contributed by atoms with van der Waals surface area (Å²) in [6.45, 7) is 0.159. The molecule has 6 nitrogen and oxygen atoms in total. The number of thioether (sulfide) groups is 1. The van der Waals surface area contributed by atoms with Crippen molar-refractivity contribution in [3.8, 4) is 5.75 Å². The lowest BCUT2D eigenvalue weighted by molar-refractivity contribution is -0.119. The van der Waals surface area contributed by atoms with Crippen molar-refractivity contribution in [3.63, 3.8) is 0 Å². The van der Waals surface area contributed by atoms with Crippen molar-refractivity contribution < 1.29 is 17.9 Å². The van der Waals surface area contributed by atoms with Crippen molar-refractivity contribution in [2.24, 2.45) is 4.99 Å². The quantitative estimate of drug-likeness (QED) is 0.644. The van der Waals surface area contributed by atoms with Gasteiger partial charge in [0.15, 0.2) is 21.6 Å². The minimum absolute atomic E-state index is 0.0452. The Morgan fingerprint density at radius 1 is 1.13 bits per heavy atom. The van der Waals surface area contributed by atoms with Crippen LogP contribution in [-0.4, -0.2) is 53.8 Å². The number of sulfone groups is 1. The summed E-state index contributed by atoms with van der Waals surface area (Å²) < 4.78 is 29.7. The van der Waals surface area contributed by atoms with Crippen molar-refractivity contribution in [1.29, 1.82) is 0 Å². The third-order valence-corrected chi connectivity index (χ3v) is 8.74. The third kappa shape index (κ3) is 4.94. The Kier molecular flexibility index (Phi) is 6.29. The number of fused-ring (bicyclic) bond motifs is 1.